The van der Waals surface area contributed by atoms with Crippen molar-refractivity contribution in [2.75, 3.05) is 0 Å². The lowest BCUT2D eigenvalue weighted by Crippen LogP contribution is -2.22. The monoisotopic (exact) mass is 319 g/mol. The second-order valence-electron chi connectivity index (χ2n) is 4.85. The molecule has 0 unspecified atom stereocenters. The summed E-state index contributed by atoms with van der Waals surface area (Å²) in [7, 11) is 0. The zero-order valence-corrected chi connectivity index (χ0v) is 12.8. The summed E-state index contributed by atoms with van der Waals surface area (Å²) in [5.74, 6) is 0.853. The van der Waals surface area contributed by atoms with E-state index >= 15 is 0 Å². The summed E-state index contributed by atoms with van der Waals surface area (Å²) in [6.45, 7) is 5.07. The molecule has 0 fully saturated rings. The molecule has 0 saturated carbocycles. The van der Waals surface area contributed by atoms with Crippen molar-refractivity contribution < 1.29 is 0 Å². The predicted molar refractivity (Wildman–Crippen MR) is 81.0 cm³/mol. The second kappa shape index (κ2) is 6.78. The van der Waals surface area contributed by atoms with Crippen molar-refractivity contribution in [3.8, 4) is 0 Å². The SMILES string of the molecule is CC(C)NCc1cnc(Cc2cccc(Br)c2)nc1. The molecular weight excluding hydrogens is 302 g/mol. The van der Waals surface area contributed by atoms with Gasteiger partial charge in [-0.05, 0) is 17.7 Å². The molecule has 2 rings (SSSR count). The fourth-order valence-corrected chi connectivity index (χ4v) is 2.16. The number of nitrogens with zero attached hydrogens (tertiary/aromatic N) is 2. The standard InChI is InChI=1S/C15H18BrN3/c1-11(2)17-8-13-9-18-15(19-10-13)7-12-4-3-5-14(16)6-12/h3-6,9-11,17H,7-8H2,1-2H3. The van der Waals surface area contributed by atoms with Crippen LogP contribution in [0.5, 0.6) is 0 Å². The van der Waals surface area contributed by atoms with Crippen LogP contribution in [0, 0.1) is 0 Å². The van der Waals surface area contributed by atoms with Crippen LogP contribution in [0.25, 0.3) is 0 Å². The minimum atomic E-state index is 0.473. The highest BCUT2D eigenvalue weighted by Crippen LogP contribution is 2.13. The fraction of sp³-hybridized carbons (Fsp3) is 0.333. The van der Waals surface area contributed by atoms with Crippen molar-refractivity contribution in [1.82, 2.24) is 15.3 Å². The maximum Gasteiger partial charge on any atom is 0.132 e. The van der Waals surface area contributed by atoms with E-state index in [4.69, 9.17) is 0 Å². The molecule has 0 saturated heterocycles. The van der Waals surface area contributed by atoms with Crippen molar-refractivity contribution in [1.29, 1.82) is 0 Å². The van der Waals surface area contributed by atoms with Crippen molar-refractivity contribution >= 4 is 15.9 Å². The van der Waals surface area contributed by atoms with E-state index in [9.17, 15) is 0 Å². The van der Waals surface area contributed by atoms with Crippen LogP contribution in [-0.2, 0) is 13.0 Å². The van der Waals surface area contributed by atoms with E-state index in [0.29, 0.717) is 6.04 Å². The molecule has 0 radical (unpaired) electrons. The van der Waals surface area contributed by atoms with Gasteiger partial charge >= 0.3 is 0 Å². The van der Waals surface area contributed by atoms with Crippen molar-refractivity contribution in [2.24, 2.45) is 0 Å². The maximum atomic E-state index is 4.42. The molecule has 2 aromatic rings. The van der Waals surface area contributed by atoms with Gasteiger partial charge in [0.15, 0.2) is 0 Å². The molecule has 0 aliphatic heterocycles. The topological polar surface area (TPSA) is 37.8 Å². The molecule has 1 aromatic heterocycles. The van der Waals surface area contributed by atoms with E-state index in [1.54, 1.807) is 0 Å². The molecule has 0 atom stereocenters. The summed E-state index contributed by atoms with van der Waals surface area (Å²) in [5.41, 5.74) is 2.33. The molecule has 1 heterocycles. The summed E-state index contributed by atoms with van der Waals surface area (Å²) in [4.78, 5) is 8.83. The lowest BCUT2D eigenvalue weighted by atomic mass is 10.1. The van der Waals surface area contributed by atoms with Gasteiger partial charge in [0, 0.05) is 41.4 Å². The third kappa shape index (κ3) is 4.73. The summed E-state index contributed by atoms with van der Waals surface area (Å²) in [5, 5.41) is 3.35. The Balaban J connectivity index is 1.98. The minimum Gasteiger partial charge on any atom is -0.310 e. The molecule has 0 amide bonds. The number of hydrogen-bond acceptors (Lipinski definition) is 3. The van der Waals surface area contributed by atoms with Gasteiger partial charge in [-0.15, -0.1) is 0 Å². The Morgan fingerprint density at radius 3 is 2.53 bits per heavy atom. The summed E-state index contributed by atoms with van der Waals surface area (Å²) < 4.78 is 1.09. The first kappa shape index (κ1) is 14.2. The van der Waals surface area contributed by atoms with Gasteiger partial charge in [-0.1, -0.05) is 41.9 Å². The van der Waals surface area contributed by atoms with Gasteiger partial charge < -0.3 is 5.32 Å². The van der Waals surface area contributed by atoms with E-state index in [0.717, 1.165) is 28.8 Å². The van der Waals surface area contributed by atoms with E-state index < -0.39 is 0 Å². The number of nitrogens with one attached hydrogen (secondary N) is 1. The molecule has 1 aromatic carbocycles. The summed E-state index contributed by atoms with van der Waals surface area (Å²) in [6.07, 6.45) is 4.56. The van der Waals surface area contributed by atoms with Gasteiger partial charge in [-0.2, -0.15) is 0 Å². The van der Waals surface area contributed by atoms with Crippen LogP contribution in [0.2, 0.25) is 0 Å². The molecule has 0 spiro atoms. The van der Waals surface area contributed by atoms with E-state index in [1.165, 1.54) is 5.56 Å². The average molecular weight is 320 g/mol. The van der Waals surface area contributed by atoms with Gasteiger partial charge in [0.25, 0.3) is 0 Å². The number of benzene rings is 1. The number of rotatable bonds is 5. The van der Waals surface area contributed by atoms with Crippen LogP contribution < -0.4 is 5.32 Å². The van der Waals surface area contributed by atoms with Gasteiger partial charge in [0.2, 0.25) is 0 Å². The molecule has 0 bridgehead atoms. The Kier molecular flexibility index (Phi) is 5.05. The molecule has 1 N–H and O–H groups in total. The molecule has 0 aliphatic rings. The van der Waals surface area contributed by atoms with Crippen LogP contribution >= 0.6 is 15.9 Å². The van der Waals surface area contributed by atoms with Crippen LogP contribution in [0.4, 0.5) is 0 Å². The Bertz CT molecular complexity index is 523. The number of hydrogen-bond donors (Lipinski definition) is 1. The Hall–Kier alpha value is -1.26. The fourth-order valence-electron chi connectivity index (χ4n) is 1.72. The Morgan fingerprint density at radius 2 is 1.89 bits per heavy atom. The van der Waals surface area contributed by atoms with E-state index in [-0.39, 0.29) is 0 Å². The third-order valence-corrected chi connectivity index (χ3v) is 3.22. The van der Waals surface area contributed by atoms with Crippen molar-refractivity contribution in [3.05, 3.63) is 58.1 Å². The van der Waals surface area contributed by atoms with Crippen LogP contribution in [0.3, 0.4) is 0 Å². The Labute approximate surface area is 122 Å². The van der Waals surface area contributed by atoms with Crippen molar-refractivity contribution in [2.45, 2.75) is 32.9 Å². The summed E-state index contributed by atoms with van der Waals surface area (Å²) in [6, 6.07) is 8.70. The highest BCUT2D eigenvalue weighted by atomic mass is 79.9. The molecule has 4 heteroatoms. The van der Waals surface area contributed by atoms with Gasteiger partial charge in [-0.3, -0.25) is 0 Å². The van der Waals surface area contributed by atoms with Gasteiger partial charge in [0.1, 0.15) is 5.82 Å². The zero-order valence-electron chi connectivity index (χ0n) is 11.2. The van der Waals surface area contributed by atoms with Crippen LogP contribution in [-0.4, -0.2) is 16.0 Å². The lowest BCUT2D eigenvalue weighted by Gasteiger charge is -2.07. The maximum absolute atomic E-state index is 4.42. The van der Waals surface area contributed by atoms with Crippen LogP contribution in [0.1, 0.15) is 30.8 Å². The highest BCUT2D eigenvalue weighted by Gasteiger charge is 2.01. The first-order valence-corrected chi connectivity index (χ1v) is 7.20. The Morgan fingerprint density at radius 1 is 1.16 bits per heavy atom. The van der Waals surface area contributed by atoms with Crippen LogP contribution in [0.15, 0.2) is 41.1 Å². The molecule has 100 valence electrons. The first-order chi connectivity index (χ1) is 9.13. The second-order valence-corrected chi connectivity index (χ2v) is 5.77. The molecule has 19 heavy (non-hydrogen) atoms. The smallest absolute Gasteiger partial charge is 0.132 e. The first-order valence-electron chi connectivity index (χ1n) is 6.41. The zero-order chi connectivity index (χ0) is 13.7. The predicted octanol–water partition coefficient (Wildman–Crippen LogP) is 3.33. The quantitative estimate of drug-likeness (QED) is 0.918. The van der Waals surface area contributed by atoms with Crippen molar-refractivity contribution in [3.63, 3.8) is 0 Å². The number of aromatic nitrogens is 2. The minimum absolute atomic E-state index is 0.473. The highest BCUT2D eigenvalue weighted by molar-refractivity contribution is 9.10. The molecule has 3 nitrogen and oxygen atoms in total. The largest absolute Gasteiger partial charge is 0.310 e. The molecule has 0 aliphatic carbocycles. The molecular formula is C15H18BrN3. The van der Waals surface area contributed by atoms with Gasteiger partial charge in [0.05, 0.1) is 0 Å². The van der Waals surface area contributed by atoms with E-state index in [1.807, 2.05) is 24.5 Å². The third-order valence-electron chi connectivity index (χ3n) is 2.72. The average Bonchev–Trinajstić information content (AvgIpc) is 2.38. The number of halogens is 1. The lowest BCUT2D eigenvalue weighted by molar-refractivity contribution is 0.586. The normalized spacial score (nSPS) is 10.9. The van der Waals surface area contributed by atoms with E-state index in [2.05, 4.69) is 57.2 Å². The summed E-state index contributed by atoms with van der Waals surface area (Å²) >= 11 is 3.47. The van der Waals surface area contributed by atoms with Gasteiger partial charge in [-0.25, -0.2) is 9.97 Å².